The molecule has 0 N–H and O–H groups in total. The number of carbonyl (C=O) groups is 1. The van der Waals surface area contributed by atoms with Crippen LogP contribution in [0, 0.1) is 11.3 Å². The highest BCUT2D eigenvalue weighted by molar-refractivity contribution is 5.88. The van der Waals surface area contributed by atoms with E-state index in [0.717, 1.165) is 44.3 Å². The Morgan fingerprint density at radius 1 is 1.18 bits per heavy atom. The van der Waals surface area contributed by atoms with Crippen LogP contribution in [0.5, 0.6) is 5.75 Å². The van der Waals surface area contributed by atoms with E-state index in [0.29, 0.717) is 11.7 Å². The van der Waals surface area contributed by atoms with Crippen LogP contribution in [-0.4, -0.2) is 12.9 Å². The molecular formula is C20H24O2. The highest BCUT2D eigenvalue weighted by Crippen LogP contribution is 2.55. The first-order valence-electron chi connectivity index (χ1n) is 8.56. The maximum Gasteiger partial charge on any atom is 0.139 e. The van der Waals surface area contributed by atoms with E-state index in [1.54, 1.807) is 18.3 Å². The number of hydrogen-bond donors (Lipinski definition) is 0. The predicted octanol–water partition coefficient (Wildman–Crippen LogP) is 4.56. The summed E-state index contributed by atoms with van der Waals surface area (Å²) in [6.07, 6.45) is 7.38. The van der Waals surface area contributed by atoms with Crippen LogP contribution in [-0.2, 0) is 11.2 Å². The third-order valence-corrected chi connectivity index (χ3v) is 6.31. The lowest BCUT2D eigenvalue weighted by Crippen LogP contribution is -2.43. The van der Waals surface area contributed by atoms with E-state index in [1.807, 2.05) is 0 Å². The predicted molar refractivity (Wildman–Crippen MR) is 87.9 cm³/mol. The summed E-state index contributed by atoms with van der Waals surface area (Å²) in [5.74, 6) is 1.96. The number of ether oxygens (including phenoxy) is 1. The van der Waals surface area contributed by atoms with Crippen molar-refractivity contribution >= 4 is 11.4 Å². The molecule has 3 aliphatic rings. The SMILES string of the molecule is COc1ccc2c(c1)CCC1=C2CCC2(C)C(=O)CCCC12. The lowest BCUT2D eigenvalue weighted by atomic mass is 9.56. The van der Waals surface area contributed by atoms with E-state index in [9.17, 15) is 4.79 Å². The number of allylic oxidation sites excluding steroid dienone is 2. The molecule has 2 atom stereocenters. The number of methoxy groups -OCH3 is 1. The van der Waals surface area contributed by atoms with Gasteiger partial charge in [-0.25, -0.2) is 0 Å². The zero-order chi connectivity index (χ0) is 15.3. The van der Waals surface area contributed by atoms with Gasteiger partial charge in [0.05, 0.1) is 7.11 Å². The molecule has 0 aliphatic heterocycles. The number of aryl methyl sites for hydroxylation is 1. The van der Waals surface area contributed by atoms with Gasteiger partial charge in [0, 0.05) is 11.8 Å². The monoisotopic (exact) mass is 296 g/mol. The Morgan fingerprint density at radius 3 is 2.86 bits per heavy atom. The van der Waals surface area contributed by atoms with Gasteiger partial charge in [-0.15, -0.1) is 0 Å². The van der Waals surface area contributed by atoms with Gasteiger partial charge in [-0.2, -0.15) is 0 Å². The maximum absolute atomic E-state index is 12.5. The highest BCUT2D eigenvalue weighted by atomic mass is 16.5. The molecule has 0 aromatic heterocycles. The first-order chi connectivity index (χ1) is 10.6. The van der Waals surface area contributed by atoms with Gasteiger partial charge in [0.25, 0.3) is 0 Å². The Hall–Kier alpha value is -1.57. The van der Waals surface area contributed by atoms with Crippen LogP contribution in [0.15, 0.2) is 23.8 Å². The molecular weight excluding hydrogens is 272 g/mol. The van der Waals surface area contributed by atoms with E-state index in [4.69, 9.17) is 4.74 Å². The third kappa shape index (κ3) is 1.89. The number of hydrogen-bond acceptors (Lipinski definition) is 2. The topological polar surface area (TPSA) is 26.3 Å². The summed E-state index contributed by atoms with van der Waals surface area (Å²) in [6.45, 7) is 2.23. The van der Waals surface area contributed by atoms with Gasteiger partial charge in [0.2, 0.25) is 0 Å². The lowest BCUT2D eigenvalue weighted by molar-refractivity contribution is -0.133. The lowest BCUT2D eigenvalue weighted by Gasteiger charge is -2.47. The first kappa shape index (κ1) is 14.0. The number of ketones is 1. The van der Waals surface area contributed by atoms with Crippen LogP contribution >= 0.6 is 0 Å². The summed E-state index contributed by atoms with van der Waals surface area (Å²) in [4.78, 5) is 12.5. The van der Waals surface area contributed by atoms with Gasteiger partial charge in [-0.1, -0.05) is 18.6 Å². The average Bonchev–Trinajstić information content (AvgIpc) is 2.55. The number of fused-ring (bicyclic) bond motifs is 4. The van der Waals surface area contributed by atoms with Gasteiger partial charge < -0.3 is 4.74 Å². The van der Waals surface area contributed by atoms with Crippen molar-refractivity contribution < 1.29 is 9.53 Å². The van der Waals surface area contributed by atoms with E-state index in [2.05, 4.69) is 25.1 Å². The zero-order valence-electron chi connectivity index (χ0n) is 13.6. The number of Topliss-reactive ketones (excluding diaryl/α,β-unsaturated/α-hetero) is 1. The third-order valence-electron chi connectivity index (χ3n) is 6.31. The first-order valence-corrected chi connectivity index (χ1v) is 8.56. The largest absolute Gasteiger partial charge is 0.497 e. The number of rotatable bonds is 1. The quantitative estimate of drug-likeness (QED) is 0.759. The molecule has 116 valence electrons. The molecule has 0 amide bonds. The molecule has 1 fully saturated rings. The molecule has 1 aromatic rings. The molecule has 2 nitrogen and oxygen atoms in total. The van der Waals surface area contributed by atoms with Crippen molar-refractivity contribution in [1.29, 1.82) is 0 Å². The van der Waals surface area contributed by atoms with E-state index >= 15 is 0 Å². The van der Waals surface area contributed by atoms with Crippen LogP contribution in [0.4, 0.5) is 0 Å². The summed E-state index contributed by atoms with van der Waals surface area (Å²) < 4.78 is 5.37. The van der Waals surface area contributed by atoms with Crippen LogP contribution < -0.4 is 4.74 Å². The number of carbonyl (C=O) groups excluding carboxylic acids is 1. The second kappa shape index (κ2) is 4.97. The normalized spacial score (nSPS) is 30.5. The smallest absolute Gasteiger partial charge is 0.139 e. The Bertz CT molecular complexity index is 670. The molecule has 2 unspecified atom stereocenters. The van der Waals surface area contributed by atoms with Gasteiger partial charge in [-0.05, 0) is 73.3 Å². The molecule has 0 heterocycles. The fourth-order valence-electron chi connectivity index (χ4n) is 4.99. The molecule has 1 aromatic carbocycles. The molecule has 0 bridgehead atoms. The van der Waals surface area contributed by atoms with Gasteiger partial charge >= 0.3 is 0 Å². The highest BCUT2D eigenvalue weighted by Gasteiger charge is 2.48. The molecule has 0 radical (unpaired) electrons. The Balaban J connectivity index is 1.80. The summed E-state index contributed by atoms with van der Waals surface area (Å²) in [5, 5.41) is 0. The van der Waals surface area contributed by atoms with Crippen molar-refractivity contribution in [3.8, 4) is 5.75 Å². The molecule has 4 rings (SSSR count). The second-order valence-electron chi connectivity index (χ2n) is 7.31. The summed E-state index contributed by atoms with van der Waals surface area (Å²) in [5.41, 5.74) is 5.90. The second-order valence-corrected chi connectivity index (χ2v) is 7.31. The van der Waals surface area contributed by atoms with Crippen molar-refractivity contribution in [2.24, 2.45) is 11.3 Å². The van der Waals surface area contributed by atoms with E-state index in [-0.39, 0.29) is 5.41 Å². The van der Waals surface area contributed by atoms with Crippen molar-refractivity contribution in [2.45, 2.75) is 51.9 Å². The standard InChI is InChI=1S/C20H24O2/c1-20-11-10-16-15-9-7-14(22-2)12-13(15)6-8-17(16)18(20)4-3-5-19(20)21/h7,9,12,18H,3-6,8,10-11H2,1-2H3. The summed E-state index contributed by atoms with van der Waals surface area (Å²) in [7, 11) is 1.73. The van der Waals surface area contributed by atoms with Gasteiger partial charge in [0.15, 0.2) is 0 Å². The van der Waals surface area contributed by atoms with Crippen LogP contribution in [0.3, 0.4) is 0 Å². The molecule has 22 heavy (non-hydrogen) atoms. The Labute approximate surface area is 132 Å². The fraction of sp³-hybridized carbons (Fsp3) is 0.550. The fourth-order valence-corrected chi connectivity index (χ4v) is 4.99. The van der Waals surface area contributed by atoms with Gasteiger partial charge in [0.1, 0.15) is 11.5 Å². The summed E-state index contributed by atoms with van der Waals surface area (Å²) >= 11 is 0. The molecule has 0 saturated heterocycles. The van der Waals surface area contributed by atoms with Crippen molar-refractivity contribution in [2.75, 3.05) is 7.11 Å². The molecule has 3 aliphatic carbocycles. The van der Waals surface area contributed by atoms with Crippen LogP contribution in [0.2, 0.25) is 0 Å². The maximum atomic E-state index is 12.5. The van der Waals surface area contributed by atoms with Crippen LogP contribution in [0.1, 0.15) is 56.6 Å². The van der Waals surface area contributed by atoms with Crippen molar-refractivity contribution in [3.63, 3.8) is 0 Å². The zero-order valence-corrected chi connectivity index (χ0v) is 13.6. The molecule has 2 heteroatoms. The van der Waals surface area contributed by atoms with Crippen LogP contribution in [0.25, 0.3) is 5.57 Å². The Morgan fingerprint density at radius 2 is 2.05 bits per heavy atom. The van der Waals surface area contributed by atoms with E-state index < -0.39 is 0 Å². The number of benzene rings is 1. The minimum Gasteiger partial charge on any atom is -0.497 e. The molecule has 1 saturated carbocycles. The van der Waals surface area contributed by atoms with Crippen molar-refractivity contribution in [1.82, 2.24) is 0 Å². The molecule has 0 spiro atoms. The average molecular weight is 296 g/mol. The summed E-state index contributed by atoms with van der Waals surface area (Å²) in [6, 6.07) is 6.50. The van der Waals surface area contributed by atoms with Gasteiger partial charge in [-0.3, -0.25) is 4.79 Å². The minimum absolute atomic E-state index is 0.0823. The Kier molecular flexibility index (Phi) is 3.18. The van der Waals surface area contributed by atoms with Crippen molar-refractivity contribution in [3.05, 3.63) is 34.9 Å². The minimum atomic E-state index is -0.0823. The van der Waals surface area contributed by atoms with E-state index in [1.165, 1.54) is 17.5 Å².